The number of aromatic nitrogens is 2. The van der Waals surface area contributed by atoms with Crippen LogP contribution in [0.2, 0.25) is 0 Å². The Kier molecular flexibility index (Phi) is 8.67. The highest BCUT2D eigenvalue weighted by Gasteiger charge is 2.08. The summed E-state index contributed by atoms with van der Waals surface area (Å²) in [4.78, 5) is 10.8. The van der Waals surface area contributed by atoms with E-state index in [9.17, 15) is 0 Å². The van der Waals surface area contributed by atoms with Gasteiger partial charge in [0.1, 0.15) is 5.82 Å². The second-order valence-corrected chi connectivity index (χ2v) is 6.03. The standard InChI is InChI=1S/C17H26N6O.HI/c1-12(2)15-9-14(24-22-15)11-20-17(18-3)19-10-13-7-6-8-16(21-13)23(4)5;/h6-9,12H,10-11H2,1-5H3,(H2,18,19,20);1H. The Bertz CT molecular complexity index is 683. The second kappa shape index (κ2) is 10.2. The quantitative estimate of drug-likeness (QED) is 0.394. The minimum Gasteiger partial charge on any atom is -0.363 e. The number of rotatable bonds is 6. The Morgan fingerprint density at radius 3 is 2.56 bits per heavy atom. The van der Waals surface area contributed by atoms with Gasteiger partial charge in [-0.05, 0) is 18.1 Å². The van der Waals surface area contributed by atoms with Gasteiger partial charge in [0.2, 0.25) is 0 Å². The zero-order valence-electron chi connectivity index (χ0n) is 15.4. The molecule has 7 nitrogen and oxygen atoms in total. The van der Waals surface area contributed by atoms with Crippen LogP contribution in [0.4, 0.5) is 5.82 Å². The van der Waals surface area contributed by atoms with E-state index < -0.39 is 0 Å². The summed E-state index contributed by atoms with van der Waals surface area (Å²) in [6, 6.07) is 7.93. The molecule has 0 unspecified atom stereocenters. The van der Waals surface area contributed by atoms with E-state index in [1.54, 1.807) is 7.05 Å². The molecule has 0 radical (unpaired) electrons. The van der Waals surface area contributed by atoms with Gasteiger partial charge >= 0.3 is 0 Å². The first-order chi connectivity index (χ1) is 11.5. The molecule has 0 aliphatic heterocycles. The van der Waals surface area contributed by atoms with Crippen LogP contribution >= 0.6 is 24.0 Å². The monoisotopic (exact) mass is 458 g/mol. The molecule has 0 fully saturated rings. The maximum Gasteiger partial charge on any atom is 0.191 e. The average Bonchev–Trinajstić information content (AvgIpc) is 3.04. The van der Waals surface area contributed by atoms with E-state index in [4.69, 9.17) is 4.52 Å². The summed E-state index contributed by atoms with van der Waals surface area (Å²) in [6.07, 6.45) is 0. The van der Waals surface area contributed by atoms with E-state index in [1.165, 1.54) is 0 Å². The number of pyridine rings is 1. The van der Waals surface area contributed by atoms with E-state index in [-0.39, 0.29) is 24.0 Å². The predicted octanol–water partition coefficient (Wildman–Crippen LogP) is 2.74. The highest BCUT2D eigenvalue weighted by Crippen LogP contribution is 2.13. The molecule has 0 bridgehead atoms. The Labute approximate surface area is 166 Å². The normalized spacial score (nSPS) is 11.2. The van der Waals surface area contributed by atoms with Gasteiger partial charge in [-0.1, -0.05) is 25.1 Å². The van der Waals surface area contributed by atoms with Gasteiger partial charge in [-0.15, -0.1) is 24.0 Å². The first-order valence-corrected chi connectivity index (χ1v) is 8.03. The molecule has 2 aromatic heterocycles. The van der Waals surface area contributed by atoms with E-state index in [2.05, 4.69) is 39.6 Å². The summed E-state index contributed by atoms with van der Waals surface area (Å²) in [5.74, 6) is 2.76. The number of hydrogen-bond donors (Lipinski definition) is 2. The highest BCUT2D eigenvalue weighted by atomic mass is 127. The molecule has 2 N–H and O–H groups in total. The lowest BCUT2D eigenvalue weighted by atomic mass is 10.1. The van der Waals surface area contributed by atoms with E-state index in [1.807, 2.05) is 43.3 Å². The Balaban J connectivity index is 0.00000312. The van der Waals surface area contributed by atoms with Gasteiger partial charge < -0.3 is 20.1 Å². The number of anilines is 1. The molecule has 2 aromatic rings. The maximum absolute atomic E-state index is 5.31. The maximum atomic E-state index is 5.31. The van der Waals surface area contributed by atoms with E-state index in [0.717, 1.165) is 23.0 Å². The Hall–Kier alpha value is -1.84. The van der Waals surface area contributed by atoms with Gasteiger partial charge in [0, 0.05) is 27.2 Å². The number of nitrogens with one attached hydrogen (secondary N) is 2. The van der Waals surface area contributed by atoms with E-state index in [0.29, 0.717) is 25.0 Å². The summed E-state index contributed by atoms with van der Waals surface area (Å²) >= 11 is 0. The molecule has 0 atom stereocenters. The molecule has 0 aromatic carbocycles. The Morgan fingerprint density at radius 2 is 1.96 bits per heavy atom. The molecule has 0 aliphatic rings. The summed E-state index contributed by atoms with van der Waals surface area (Å²) in [6.45, 7) is 5.30. The Morgan fingerprint density at radius 1 is 1.24 bits per heavy atom. The van der Waals surface area contributed by atoms with Gasteiger partial charge in [0.25, 0.3) is 0 Å². The van der Waals surface area contributed by atoms with Gasteiger partial charge in [-0.3, -0.25) is 4.99 Å². The minimum absolute atomic E-state index is 0. The van der Waals surface area contributed by atoms with Gasteiger partial charge in [0.05, 0.1) is 24.5 Å². The fraction of sp³-hybridized carbons (Fsp3) is 0.471. The molecule has 2 rings (SSSR count). The van der Waals surface area contributed by atoms with Crippen molar-refractivity contribution in [3.8, 4) is 0 Å². The summed E-state index contributed by atoms with van der Waals surface area (Å²) < 4.78 is 5.31. The number of nitrogens with zero attached hydrogens (tertiary/aromatic N) is 4. The summed E-state index contributed by atoms with van der Waals surface area (Å²) in [7, 11) is 5.69. The number of aliphatic imine (C=N–C) groups is 1. The van der Waals surface area contributed by atoms with Crippen molar-refractivity contribution < 1.29 is 4.52 Å². The van der Waals surface area contributed by atoms with Crippen LogP contribution in [0, 0.1) is 0 Å². The van der Waals surface area contributed by atoms with Crippen molar-refractivity contribution in [2.75, 3.05) is 26.0 Å². The predicted molar refractivity (Wildman–Crippen MR) is 112 cm³/mol. The molecule has 0 saturated heterocycles. The van der Waals surface area contributed by atoms with Crippen LogP contribution in [0.3, 0.4) is 0 Å². The third kappa shape index (κ3) is 6.52. The van der Waals surface area contributed by atoms with Crippen LogP contribution in [-0.4, -0.2) is 37.2 Å². The summed E-state index contributed by atoms with van der Waals surface area (Å²) in [5, 5.41) is 10.5. The molecule has 2 heterocycles. The number of guanidine groups is 1. The van der Waals surface area contributed by atoms with E-state index >= 15 is 0 Å². The van der Waals surface area contributed by atoms with Crippen molar-refractivity contribution in [1.82, 2.24) is 20.8 Å². The topological polar surface area (TPSA) is 78.6 Å². The molecule has 0 aliphatic carbocycles. The molecule has 0 amide bonds. The summed E-state index contributed by atoms with van der Waals surface area (Å²) in [5.41, 5.74) is 1.91. The fourth-order valence-corrected chi connectivity index (χ4v) is 2.06. The zero-order chi connectivity index (χ0) is 17.5. The lowest BCUT2D eigenvalue weighted by Gasteiger charge is -2.14. The molecular weight excluding hydrogens is 431 g/mol. The third-order valence-electron chi connectivity index (χ3n) is 3.51. The highest BCUT2D eigenvalue weighted by molar-refractivity contribution is 14.0. The molecule has 8 heteroatoms. The lowest BCUT2D eigenvalue weighted by molar-refractivity contribution is 0.372. The third-order valence-corrected chi connectivity index (χ3v) is 3.51. The first kappa shape index (κ1) is 21.2. The van der Waals surface area contributed by atoms with Crippen molar-refractivity contribution in [2.45, 2.75) is 32.9 Å². The SMILES string of the molecule is CN=C(NCc1cccc(N(C)C)n1)NCc1cc(C(C)C)no1.I. The van der Waals surface area contributed by atoms with Crippen molar-refractivity contribution in [1.29, 1.82) is 0 Å². The van der Waals surface area contributed by atoms with Crippen LogP contribution < -0.4 is 15.5 Å². The molecule has 0 spiro atoms. The van der Waals surface area contributed by atoms with Crippen LogP contribution in [0.1, 0.15) is 36.9 Å². The van der Waals surface area contributed by atoms with Crippen LogP contribution in [0.15, 0.2) is 33.8 Å². The fourth-order valence-electron chi connectivity index (χ4n) is 2.06. The van der Waals surface area contributed by atoms with Crippen molar-refractivity contribution in [3.63, 3.8) is 0 Å². The smallest absolute Gasteiger partial charge is 0.191 e. The second-order valence-electron chi connectivity index (χ2n) is 6.03. The number of hydrogen-bond acceptors (Lipinski definition) is 5. The van der Waals surface area contributed by atoms with Crippen molar-refractivity contribution in [3.05, 3.63) is 41.4 Å². The minimum atomic E-state index is 0. The average molecular weight is 458 g/mol. The zero-order valence-corrected chi connectivity index (χ0v) is 17.7. The molecule has 25 heavy (non-hydrogen) atoms. The van der Waals surface area contributed by atoms with Gasteiger partial charge in [-0.25, -0.2) is 4.98 Å². The number of halogens is 1. The van der Waals surface area contributed by atoms with Gasteiger partial charge in [0.15, 0.2) is 11.7 Å². The lowest BCUT2D eigenvalue weighted by Crippen LogP contribution is -2.36. The van der Waals surface area contributed by atoms with Gasteiger partial charge in [-0.2, -0.15) is 0 Å². The molecule has 138 valence electrons. The van der Waals surface area contributed by atoms with Crippen LogP contribution in [0.25, 0.3) is 0 Å². The van der Waals surface area contributed by atoms with Crippen molar-refractivity contribution >= 4 is 35.8 Å². The van der Waals surface area contributed by atoms with Crippen molar-refractivity contribution in [2.24, 2.45) is 4.99 Å². The largest absolute Gasteiger partial charge is 0.363 e. The van der Waals surface area contributed by atoms with Crippen LogP contribution in [0.5, 0.6) is 0 Å². The van der Waals surface area contributed by atoms with Crippen LogP contribution in [-0.2, 0) is 13.1 Å². The molecular formula is C17H27IN6O. The first-order valence-electron chi connectivity index (χ1n) is 8.03. The molecule has 0 saturated carbocycles.